The van der Waals surface area contributed by atoms with Crippen molar-refractivity contribution in [1.29, 1.82) is 0 Å². The van der Waals surface area contributed by atoms with E-state index >= 15 is 0 Å². The maximum Gasteiger partial charge on any atom is 0.257 e. The first-order valence-electron chi connectivity index (χ1n) is 12.2. The fraction of sp³-hybridized carbons (Fsp3) is 0.423. The number of amides is 1. The van der Waals surface area contributed by atoms with E-state index in [2.05, 4.69) is 45.3 Å². The fourth-order valence-electron chi connectivity index (χ4n) is 4.82. The Kier molecular flexibility index (Phi) is 7.15. The molecule has 0 radical (unpaired) electrons. The summed E-state index contributed by atoms with van der Waals surface area (Å²) in [5.41, 5.74) is 2.48. The summed E-state index contributed by atoms with van der Waals surface area (Å²) in [6.45, 7) is 5.31. The number of ether oxygens (including phenoxy) is 1. The van der Waals surface area contributed by atoms with Crippen LogP contribution in [0.1, 0.15) is 43.6 Å². The van der Waals surface area contributed by atoms with Crippen LogP contribution >= 0.6 is 11.3 Å². The summed E-state index contributed by atoms with van der Waals surface area (Å²) in [6.07, 6.45) is 5.06. The maximum absolute atomic E-state index is 13.2. The molecule has 1 fully saturated rings. The Morgan fingerprint density at radius 3 is 2.89 bits per heavy atom. The van der Waals surface area contributed by atoms with E-state index in [4.69, 9.17) is 9.15 Å². The molecule has 1 aromatic carbocycles. The predicted octanol–water partition coefficient (Wildman–Crippen LogP) is 4.91. The van der Waals surface area contributed by atoms with Gasteiger partial charge in [-0.2, -0.15) is 0 Å². The van der Waals surface area contributed by atoms with Gasteiger partial charge in [-0.25, -0.2) is 0 Å². The van der Waals surface area contributed by atoms with Crippen molar-refractivity contribution in [2.45, 2.75) is 38.6 Å². The number of H-pyrrole nitrogens is 1. The van der Waals surface area contributed by atoms with E-state index in [1.807, 2.05) is 28.5 Å². The summed E-state index contributed by atoms with van der Waals surface area (Å²) in [4.78, 5) is 21.6. The van der Waals surface area contributed by atoms with Crippen LogP contribution in [-0.2, 0) is 11.3 Å². The highest BCUT2D eigenvalue weighted by Crippen LogP contribution is 2.34. The van der Waals surface area contributed by atoms with Crippen LogP contribution in [0.15, 0.2) is 46.3 Å². The third kappa shape index (κ3) is 5.26. The lowest BCUT2D eigenvalue weighted by atomic mass is 9.89. The summed E-state index contributed by atoms with van der Waals surface area (Å²) in [5.74, 6) is 2.45. The van der Waals surface area contributed by atoms with Gasteiger partial charge in [-0.3, -0.25) is 9.69 Å². The second-order valence-corrected chi connectivity index (χ2v) is 9.95. The predicted molar refractivity (Wildman–Crippen MR) is 137 cm³/mol. The zero-order valence-corrected chi connectivity index (χ0v) is 21.0. The van der Waals surface area contributed by atoms with Crippen molar-refractivity contribution in [1.82, 2.24) is 25.0 Å². The second-order valence-electron chi connectivity index (χ2n) is 9.00. The number of likely N-dealkylation sites (tertiary alicyclic amines) is 1. The third-order valence-corrected chi connectivity index (χ3v) is 7.54. The minimum Gasteiger partial charge on any atom is -0.497 e. The molecule has 0 atom stereocenters. The number of rotatable bonds is 9. The van der Waals surface area contributed by atoms with E-state index < -0.39 is 0 Å². The Balaban J connectivity index is 1.18. The average Bonchev–Trinajstić information content (AvgIpc) is 3.64. The number of piperidine rings is 1. The Morgan fingerprint density at radius 2 is 2.14 bits per heavy atom. The molecule has 0 spiro atoms. The second kappa shape index (κ2) is 10.6. The van der Waals surface area contributed by atoms with Gasteiger partial charge in [-0.05, 0) is 73.5 Å². The first-order chi connectivity index (χ1) is 17.1. The summed E-state index contributed by atoms with van der Waals surface area (Å²) < 4.78 is 11.2. The van der Waals surface area contributed by atoms with Crippen LogP contribution in [0, 0.1) is 0 Å². The molecule has 35 heavy (non-hydrogen) atoms. The standard InChI is InChI=1S/C26H31N5O3S/c1-3-10-31(16-24-28-29-26(34-24)23-5-4-13-35-23)25(32)17-30-11-8-18(9-12-30)21-15-27-22-7-6-19(33-2)14-20(21)22/h4-7,13-15,18,27H,3,8-12,16-17H2,1-2H3. The van der Waals surface area contributed by atoms with Crippen molar-refractivity contribution in [2.75, 3.05) is 33.3 Å². The number of benzene rings is 1. The molecule has 9 heteroatoms. The van der Waals surface area contributed by atoms with Crippen LogP contribution in [-0.4, -0.2) is 64.2 Å². The molecule has 1 saturated heterocycles. The lowest BCUT2D eigenvalue weighted by Gasteiger charge is -2.33. The number of hydrogen-bond donors (Lipinski definition) is 1. The largest absolute Gasteiger partial charge is 0.497 e. The summed E-state index contributed by atoms with van der Waals surface area (Å²) in [5, 5.41) is 11.5. The number of methoxy groups -OCH3 is 1. The Labute approximate surface area is 208 Å². The average molecular weight is 494 g/mol. The molecular weight excluding hydrogens is 462 g/mol. The topological polar surface area (TPSA) is 87.5 Å². The van der Waals surface area contributed by atoms with Gasteiger partial charge < -0.3 is 19.0 Å². The summed E-state index contributed by atoms with van der Waals surface area (Å²) >= 11 is 1.56. The van der Waals surface area contributed by atoms with E-state index in [9.17, 15) is 4.79 Å². The minimum absolute atomic E-state index is 0.109. The summed E-state index contributed by atoms with van der Waals surface area (Å²) in [6, 6.07) is 10.1. The monoisotopic (exact) mass is 493 g/mol. The van der Waals surface area contributed by atoms with Crippen molar-refractivity contribution >= 4 is 28.1 Å². The van der Waals surface area contributed by atoms with Gasteiger partial charge in [-0.15, -0.1) is 21.5 Å². The number of hydrogen-bond acceptors (Lipinski definition) is 7. The summed E-state index contributed by atoms with van der Waals surface area (Å²) in [7, 11) is 1.70. The zero-order chi connectivity index (χ0) is 24.2. The highest BCUT2D eigenvalue weighted by Gasteiger charge is 2.26. The van der Waals surface area contributed by atoms with E-state index in [1.165, 1.54) is 10.9 Å². The molecule has 1 amide bonds. The molecule has 1 aliphatic rings. The van der Waals surface area contributed by atoms with Crippen LogP contribution in [0.5, 0.6) is 5.75 Å². The first-order valence-corrected chi connectivity index (χ1v) is 13.0. The maximum atomic E-state index is 13.2. The molecule has 0 aliphatic carbocycles. The number of aromatic amines is 1. The van der Waals surface area contributed by atoms with Gasteiger partial charge in [0, 0.05) is 23.6 Å². The van der Waals surface area contributed by atoms with Crippen LogP contribution in [0.4, 0.5) is 0 Å². The molecule has 1 aliphatic heterocycles. The van der Waals surface area contributed by atoms with E-state index in [0.717, 1.165) is 48.5 Å². The van der Waals surface area contributed by atoms with Crippen LogP contribution in [0.3, 0.4) is 0 Å². The quantitative estimate of drug-likeness (QED) is 0.357. The van der Waals surface area contributed by atoms with Crippen LogP contribution < -0.4 is 4.74 Å². The van der Waals surface area contributed by atoms with Crippen molar-refractivity contribution in [3.8, 4) is 16.5 Å². The normalized spacial score (nSPS) is 15.0. The van der Waals surface area contributed by atoms with Gasteiger partial charge in [0.25, 0.3) is 5.89 Å². The molecule has 4 aromatic rings. The fourth-order valence-corrected chi connectivity index (χ4v) is 5.47. The molecule has 8 nitrogen and oxygen atoms in total. The van der Waals surface area contributed by atoms with Crippen LogP contribution in [0.25, 0.3) is 21.7 Å². The Hall–Kier alpha value is -3.17. The number of carbonyl (C=O) groups is 1. The van der Waals surface area contributed by atoms with Crippen LogP contribution in [0.2, 0.25) is 0 Å². The lowest BCUT2D eigenvalue weighted by Crippen LogP contribution is -2.43. The Morgan fingerprint density at radius 1 is 1.29 bits per heavy atom. The van der Waals surface area contributed by atoms with Gasteiger partial charge in [-0.1, -0.05) is 13.0 Å². The van der Waals surface area contributed by atoms with E-state index in [1.54, 1.807) is 18.4 Å². The molecule has 0 bridgehead atoms. The number of nitrogens with one attached hydrogen (secondary N) is 1. The number of thiophene rings is 1. The minimum atomic E-state index is 0.109. The SMILES string of the molecule is CCCN(Cc1nnc(-c2cccs2)o1)C(=O)CN1CCC(c2c[nH]c3ccc(OC)cc23)CC1. The van der Waals surface area contributed by atoms with Gasteiger partial charge in [0.05, 0.1) is 25.1 Å². The molecule has 3 aromatic heterocycles. The van der Waals surface area contributed by atoms with E-state index in [0.29, 0.717) is 37.3 Å². The molecule has 184 valence electrons. The smallest absolute Gasteiger partial charge is 0.257 e. The molecule has 1 N–H and O–H groups in total. The number of aromatic nitrogens is 3. The Bertz CT molecular complexity index is 1260. The highest BCUT2D eigenvalue weighted by molar-refractivity contribution is 7.13. The number of carbonyl (C=O) groups excluding carboxylic acids is 1. The van der Waals surface area contributed by atoms with Crippen molar-refractivity contribution in [3.63, 3.8) is 0 Å². The number of nitrogens with zero attached hydrogens (tertiary/aromatic N) is 4. The van der Waals surface area contributed by atoms with E-state index in [-0.39, 0.29) is 5.91 Å². The number of fused-ring (bicyclic) bond motifs is 1. The van der Waals surface area contributed by atoms with Gasteiger partial charge in [0.1, 0.15) is 5.75 Å². The molecule has 5 rings (SSSR count). The van der Waals surface area contributed by atoms with Gasteiger partial charge >= 0.3 is 0 Å². The lowest BCUT2D eigenvalue weighted by molar-refractivity contribution is -0.133. The van der Waals surface area contributed by atoms with Crippen molar-refractivity contribution in [3.05, 3.63) is 53.4 Å². The molecule has 0 saturated carbocycles. The molecular formula is C26H31N5O3S. The highest BCUT2D eigenvalue weighted by atomic mass is 32.1. The first kappa shape index (κ1) is 23.6. The molecule has 0 unspecified atom stereocenters. The molecule has 4 heterocycles. The van der Waals surface area contributed by atoms with Crippen molar-refractivity contribution in [2.24, 2.45) is 0 Å². The third-order valence-electron chi connectivity index (χ3n) is 6.68. The van der Waals surface area contributed by atoms with Gasteiger partial charge in [0.2, 0.25) is 11.8 Å². The van der Waals surface area contributed by atoms with Gasteiger partial charge in [0.15, 0.2) is 0 Å². The van der Waals surface area contributed by atoms with Crippen molar-refractivity contribution < 1.29 is 13.9 Å². The zero-order valence-electron chi connectivity index (χ0n) is 20.2.